The van der Waals surface area contributed by atoms with Gasteiger partial charge in [0.2, 0.25) is 5.91 Å². The van der Waals surface area contributed by atoms with E-state index < -0.39 is 11.9 Å². The van der Waals surface area contributed by atoms with Gasteiger partial charge in [0.05, 0.1) is 29.4 Å². The fourth-order valence-electron chi connectivity index (χ4n) is 2.69. The summed E-state index contributed by atoms with van der Waals surface area (Å²) in [5.41, 5.74) is 1.95. The number of hydrogen-bond acceptors (Lipinski definition) is 4. The summed E-state index contributed by atoms with van der Waals surface area (Å²) in [7, 11) is 0. The van der Waals surface area contributed by atoms with Gasteiger partial charge >= 0.3 is 5.97 Å². The molecule has 0 aliphatic rings. The minimum Gasteiger partial charge on any atom is -0.478 e. The Balaban J connectivity index is 1.57. The predicted molar refractivity (Wildman–Crippen MR) is 108 cm³/mol. The zero-order valence-electron chi connectivity index (χ0n) is 15.5. The van der Waals surface area contributed by atoms with E-state index >= 15 is 0 Å². The summed E-state index contributed by atoms with van der Waals surface area (Å²) in [6, 6.07) is 18.8. The van der Waals surface area contributed by atoms with Gasteiger partial charge < -0.3 is 15.7 Å². The molecule has 0 aliphatic heterocycles. The fraction of sp³-hybridized carbons (Fsp3) is 0.0909. The molecule has 1 aromatic heterocycles. The first kappa shape index (κ1) is 19.8. The van der Waals surface area contributed by atoms with Crippen LogP contribution in [0.2, 0.25) is 0 Å². The lowest BCUT2D eigenvalue weighted by Crippen LogP contribution is -2.24. The van der Waals surface area contributed by atoms with E-state index in [0.717, 1.165) is 5.56 Å². The van der Waals surface area contributed by atoms with Crippen molar-refractivity contribution in [3.8, 4) is 0 Å². The second-order valence-electron chi connectivity index (χ2n) is 6.28. The second kappa shape index (κ2) is 9.27. The van der Waals surface area contributed by atoms with Crippen LogP contribution < -0.4 is 10.6 Å². The molecule has 1 heterocycles. The van der Waals surface area contributed by atoms with Crippen molar-refractivity contribution in [3.63, 3.8) is 0 Å². The molecule has 2 amide bonds. The fourth-order valence-corrected chi connectivity index (χ4v) is 2.69. The SMILES string of the molecule is O=C(Cc1ccc(NC(=O)c2ccccc2C(=O)O)cn1)NCc1ccccc1. The number of carbonyl (C=O) groups is 3. The number of pyridine rings is 1. The van der Waals surface area contributed by atoms with Crippen LogP contribution in [0.4, 0.5) is 5.69 Å². The third-order valence-electron chi connectivity index (χ3n) is 4.16. The van der Waals surface area contributed by atoms with E-state index in [9.17, 15) is 19.5 Å². The molecule has 146 valence electrons. The van der Waals surface area contributed by atoms with Crippen molar-refractivity contribution in [2.45, 2.75) is 13.0 Å². The molecule has 0 unspecified atom stereocenters. The first-order valence-corrected chi connectivity index (χ1v) is 8.92. The van der Waals surface area contributed by atoms with Gasteiger partial charge in [0.25, 0.3) is 5.91 Å². The monoisotopic (exact) mass is 389 g/mol. The summed E-state index contributed by atoms with van der Waals surface area (Å²) >= 11 is 0. The van der Waals surface area contributed by atoms with Crippen molar-refractivity contribution in [1.82, 2.24) is 10.3 Å². The normalized spacial score (nSPS) is 10.2. The summed E-state index contributed by atoms with van der Waals surface area (Å²) in [6.07, 6.45) is 1.55. The van der Waals surface area contributed by atoms with E-state index in [4.69, 9.17) is 0 Å². The Morgan fingerprint density at radius 1 is 0.862 bits per heavy atom. The molecule has 29 heavy (non-hydrogen) atoms. The van der Waals surface area contributed by atoms with Crippen LogP contribution >= 0.6 is 0 Å². The highest BCUT2D eigenvalue weighted by molar-refractivity contribution is 6.10. The summed E-state index contributed by atoms with van der Waals surface area (Å²) in [6.45, 7) is 0.441. The number of nitrogens with one attached hydrogen (secondary N) is 2. The number of hydrogen-bond donors (Lipinski definition) is 3. The lowest BCUT2D eigenvalue weighted by Gasteiger charge is -2.08. The standard InChI is InChI=1S/C22H19N3O4/c26-20(24-13-15-6-2-1-3-7-15)12-16-10-11-17(14-23-16)25-21(27)18-8-4-5-9-19(18)22(28)29/h1-11,14H,12-13H2,(H,24,26)(H,25,27)(H,28,29). The van der Waals surface area contributed by atoms with Gasteiger partial charge in [0.15, 0.2) is 0 Å². The maximum absolute atomic E-state index is 12.4. The van der Waals surface area contributed by atoms with E-state index in [0.29, 0.717) is 17.9 Å². The zero-order chi connectivity index (χ0) is 20.6. The van der Waals surface area contributed by atoms with Crippen LogP contribution in [0.15, 0.2) is 72.9 Å². The molecule has 0 atom stereocenters. The minimum absolute atomic E-state index is 0.0596. The maximum Gasteiger partial charge on any atom is 0.336 e. The summed E-state index contributed by atoms with van der Waals surface area (Å²) in [5, 5.41) is 14.6. The van der Waals surface area contributed by atoms with Crippen LogP contribution in [0, 0.1) is 0 Å². The Morgan fingerprint density at radius 2 is 1.55 bits per heavy atom. The van der Waals surface area contributed by atoms with Crippen LogP contribution in [0.5, 0.6) is 0 Å². The molecular formula is C22H19N3O4. The van der Waals surface area contributed by atoms with E-state index in [2.05, 4.69) is 15.6 Å². The number of aromatic carboxylic acids is 1. The molecule has 0 radical (unpaired) electrons. The summed E-state index contributed by atoms with van der Waals surface area (Å²) in [4.78, 5) is 39.8. The number of amides is 2. The number of carboxylic acid groups (broad SMARTS) is 1. The molecule has 0 saturated heterocycles. The van der Waals surface area contributed by atoms with Gasteiger partial charge in [0.1, 0.15) is 0 Å². The third-order valence-corrected chi connectivity index (χ3v) is 4.16. The van der Waals surface area contributed by atoms with Crippen molar-refractivity contribution in [3.05, 3.63) is 95.3 Å². The Labute approximate surface area is 167 Å². The van der Waals surface area contributed by atoms with Gasteiger partial charge in [-0.15, -0.1) is 0 Å². The van der Waals surface area contributed by atoms with E-state index in [1.807, 2.05) is 30.3 Å². The first-order chi connectivity index (χ1) is 14.0. The molecule has 7 heteroatoms. The average Bonchev–Trinajstić information content (AvgIpc) is 2.74. The molecule has 0 fully saturated rings. The predicted octanol–water partition coefficient (Wildman–Crippen LogP) is 2.89. The summed E-state index contributed by atoms with van der Waals surface area (Å²) < 4.78 is 0. The van der Waals surface area contributed by atoms with Crippen LogP contribution in [-0.4, -0.2) is 27.9 Å². The Hall–Kier alpha value is -4.00. The van der Waals surface area contributed by atoms with Crippen molar-refractivity contribution in [1.29, 1.82) is 0 Å². The molecule has 0 saturated carbocycles. The van der Waals surface area contributed by atoms with E-state index in [1.54, 1.807) is 24.3 Å². The lowest BCUT2D eigenvalue weighted by atomic mass is 10.1. The number of carbonyl (C=O) groups excluding carboxylic acids is 2. The molecular weight excluding hydrogens is 370 g/mol. The summed E-state index contributed by atoms with van der Waals surface area (Å²) in [5.74, 6) is -1.88. The van der Waals surface area contributed by atoms with Gasteiger partial charge in [0, 0.05) is 12.2 Å². The van der Waals surface area contributed by atoms with Gasteiger partial charge in [-0.2, -0.15) is 0 Å². The highest BCUT2D eigenvalue weighted by atomic mass is 16.4. The Bertz CT molecular complexity index is 1020. The van der Waals surface area contributed by atoms with Gasteiger partial charge in [-0.25, -0.2) is 4.79 Å². The smallest absolute Gasteiger partial charge is 0.336 e. The van der Waals surface area contributed by atoms with Crippen molar-refractivity contribution < 1.29 is 19.5 Å². The van der Waals surface area contributed by atoms with Gasteiger partial charge in [-0.05, 0) is 29.8 Å². The number of rotatable bonds is 7. The van der Waals surface area contributed by atoms with Crippen molar-refractivity contribution >= 4 is 23.5 Å². The van der Waals surface area contributed by atoms with Crippen molar-refractivity contribution in [2.75, 3.05) is 5.32 Å². The molecule has 3 aromatic rings. The minimum atomic E-state index is -1.18. The molecule has 2 aromatic carbocycles. The van der Waals surface area contributed by atoms with E-state index in [-0.39, 0.29) is 23.5 Å². The number of aromatic nitrogens is 1. The first-order valence-electron chi connectivity index (χ1n) is 8.92. The lowest BCUT2D eigenvalue weighted by molar-refractivity contribution is -0.120. The third kappa shape index (κ3) is 5.49. The largest absolute Gasteiger partial charge is 0.478 e. The van der Waals surface area contributed by atoms with Crippen LogP contribution in [0.25, 0.3) is 0 Å². The van der Waals surface area contributed by atoms with Crippen LogP contribution in [-0.2, 0) is 17.8 Å². The molecule has 0 spiro atoms. The average molecular weight is 389 g/mol. The quantitative estimate of drug-likeness (QED) is 0.576. The van der Waals surface area contributed by atoms with Gasteiger partial charge in [-0.1, -0.05) is 42.5 Å². The molecule has 0 aliphatic carbocycles. The molecule has 3 N–H and O–H groups in total. The number of carboxylic acids is 1. The zero-order valence-corrected chi connectivity index (χ0v) is 15.5. The Kier molecular flexibility index (Phi) is 6.32. The van der Waals surface area contributed by atoms with Crippen molar-refractivity contribution in [2.24, 2.45) is 0 Å². The highest BCUT2D eigenvalue weighted by Crippen LogP contribution is 2.13. The van der Waals surface area contributed by atoms with Gasteiger partial charge in [-0.3, -0.25) is 14.6 Å². The van der Waals surface area contributed by atoms with E-state index in [1.165, 1.54) is 18.3 Å². The number of anilines is 1. The van der Waals surface area contributed by atoms with Crippen LogP contribution in [0.3, 0.4) is 0 Å². The number of nitrogens with zero attached hydrogens (tertiary/aromatic N) is 1. The van der Waals surface area contributed by atoms with Crippen LogP contribution in [0.1, 0.15) is 32.0 Å². The maximum atomic E-state index is 12.4. The molecule has 7 nitrogen and oxygen atoms in total. The second-order valence-corrected chi connectivity index (χ2v) is 6.28. The molecule has 0 bridgehead atoms. The highest BCUT2D eigenvalue weighted by Gasteiger charge is 2.16. The topological polar surface area (TPSA) is 108 Å². The molecule has 3 rings (SSSR count). The number of benzene rings is 2. The Morgan fingerprint density at radius 3 is 2.21 bits per heavy atom.